The third kappa shape index (κ3) is 3.54. The van der Waals surface area contributed by atoms with Crippen molar-refractivity contribution in [2.24, 2.45) is 10.8 Å². The van der Waals surface area contributed by atoms with Crippen LogP contribution in [0.5, 0.6) is 0 Å². The van der Waals surface area contributed by atoms with Crippen LogP contribution < -0.4 is 11.2 Å². The highest BCUT2D eigenvalue weighted by Gasteiger charge is 2.06. The van der Waals surface area contributed by atoms with Crippen molar-refractivity contribution in [1.82, 2.24) is 0 Å². The summed E-state index contributed by atoms with van der Waals surface area (Å²) < 4.78 is 1.73. The number of rotatable bonds is 3. The molecule has 0 aliphatic carbocycles. The molecule has 0 unspecified atom stereocenters. The SMILES string of the molecule is Cc1cc(Br)cc(Br)c1N/N=C(\C#N)C(=N)N. The zero-order valence-electron chi connectivity index (χ0n) is 8.88. The Balaban J connectivity index is 3.05. The molecule has 0 saturated heterocycles. The van der Waals surface area contributed by atoms with E-state index in [0.717, 1.165) is 20.2 Å². The van der Waals surface area contributed by atoms with Crippen LogP contribution in [-0.4, -0.2) is 11.5 Å². The Labute approximate surface area is 115 Å². The Morgan fingerprint density at radius 2 is 2.18 bits per heavy atom. The van der Waals surface area contributed by atoms with Gasteiger partial charge in [-0.2, -0.15) is 10.4 Å². The van der Waals surface area contributed by atoms with Gasteiger partial charge in [0.2, 0.25) is 5.71 Å². The summed E-state index contributed by atoms with van der Waals surface area (Å²) in [5.74, 6) is -0.370. The second kappa shape index (κ2) is 5.80. The summed E-state index contributed by atoms with van der Waals surface area (Å²) >= 11 is 6.74. The van der Waals surface area contributed by atoms with Gasteiger partial charge in [-0.05, 0) is 40.5 Å². The molecule has 0 spiro atoms. The van der Waals surface area contributed by atoms with E-state index in [1.165, 1.54) is 0 Å². The van der Waals surface area contributed by atoms with Crippen molar-refractivity contribution in [2.75, 3.05) is 5.43 Å². The quantitative estimate of drug-likeness (QED) is 0.440. The number of amidine groups is 1. The predicted molar refractivity (Wildman–Crippen MR) is 75.2 cm³/mol. The van der Waals surface area contributed by atoms with E-state index < -0.39 is 0 Å². The van der Waals surface area contributed by atoms with Crippen molar-refractivity contribution in [3.63, 3.8) is 0 Å². The summed E-state index contributed by atoms with van der Waals surface area (Å²) in [5.41, 5.74) is 9.41. The van der Waals surface area contributed by atoms with Crippen LogP contribution in [0.4, 0.5) is 5.69 Å². The molecule has 5 nitrogen and oxygen atoms in total. The maximum atomic E-state index is 8.70. The van der Waals surface area contributed by atoms with Crippen molar-refractivity contribution in [3.05, 3.63) is 26.6 Å². The lowest BCUT2D eigenvalue weighted by molar-refractivity contribution is 1.28. The molecule has 0 aliphatic heterocycles. The maximum Gasteiger partial charge on any atom is 0.201 e. The zero-order chi connectivity index (χ0) is 13.0. The van der Waals surface area contributed by atoms with Crippen LogP contribution in [0.15, 0.2) is 26.2 Å². The van der Waals surface area contributed by atoms with Crippen LogP contribution in [0, 0.1) is 23.7 Å². The molecule has 0 aromatic heterocycles. The van der Waals surface area contributed by atoms with Crippen molar-refractivity contribution in [1.29, 1.82) is 10.7 Å². The average molecular weight is 359 g/mol. The van der Waals surface area contributed by atoms with Gasteiger partial charge in [-0.3, -0.25) is 10.8 Å². The lowest BCUT2D eigenvalue weighted by Crippen LogP contribution is -2.22. The van der Waals surface area contributed by atoms with E-state index in [9.17, 15) is 0 Å². The summed E-state index contributed by atoms with van der Waals surface area (Å²) in [6.45, 7) is 1.90. The van der Waals surface area contributed by atoms with Gasteiger partial charge in [-0.25, -0.2) is 0 Å². The first-order valence-corrected chi connectivity index (χ1v) is 6.08. The fraction of sp³-hybridized carbons (Fsp3) is 0.100. The van der Waals surface area contributed by atoms with Gasteiger partial charge in [0, 0.05) is 8.95 Å². The molecule has 1 aromatic rings. The standard InChI is InChI=1S/C10H9Br2N5/c1-5-2-6(11)3-7(12)9(5)17-16-8(4-13)10(14)15/h2-3,17H,1H3,(H3,14,15)/b16-8+. The van der Waals surface area contributed by atoms with Gasteiger partial charge in [0.1, 0.15) is 6.07 Å². The highest BCUT2D eigenvalue weighted by atomic mass is 79.9. The van der Waals surface area contributed by atoms with Crippen molar-refractivity contribution in [3.8, 4) is 6.07 Å². The van der Waals surface area contributed by atoms with Gasteiger partial charge in [-0.15, -0.1) is 0 Å². The molecule has 0 aliphatic rings. The Hall–Kier alpha value is -1.39. The molecule has 88 valence electrons. The van der Waals surface area contributed by atoms with Gasteiger partial charge >= 0.3 is 0 Å². The van der Waals surface area contributed by atoms with Gasteiger partial charge < -0.3 is 5.73 Å². The Morgan fingerprint density at radius 3 is 2.65 bits per heavy atom. The van der Waals surface area contributed by atoms with E-state index in [1.54, 1.807) is 6.07 Å². The molecule has 0 amide bonds. The fourth-order valence-electron chi connectivity index (χ4n) is 1.10. The minimum Gasteiger partial charge on any atom is -0.382 e. The van der Waals surface area contributed by atoms with Crippen molar-refractivity contribution >= 4 is 49.1 Å². The minimum absolute atomic E-state index is 0.154. The first-order valence-electron chi connectivity index (χ1n) is 4.49. The summed E-state index contributed by atoms with van der Waals surface area (Å²) in [6, 6.07) is 5.49. The van der Waals surface area contributed by atoms with Crippen LogP contribution in [0.1, 0.15) is 5.56 Å². The van der Waals surface area contributed by atoms with Crippen LogP contribution in [-0.2, 0) is 0 Å². The molecule has 0 heterocycles. The number of halogens is 2. The molecule has 1 aromatic carbocycles. The number of nitrogens with one attached hydrogen (secondary N) is 2. The van der Waals surface area contributed by atoms with Crippen LogP contribution in [0.2, 0.25) is 0 Å². The molecule has 7 heteroatoms. The molecule has 1 rings (SSSR count). The smallest absolute Gasteiger partial charge is 0.201 e. The van der Waals surface area contributed by atoms with E-state index in [4.69, 9.17) is 16.4 Å². The van der Waals surface area contributed by atoms with Crippen molar-refractivity contribution in [2.45, 2.75) is 6.92 Å². The monoisotopic (exact) mass is 357 g/mol. The summed E-state index contributed by atoms with van der Waals surface area (Å²) in [4.78, 5) is 0. The maximum absolute atomic E-state index is 8.70. The summed E-state index contributed by atoms with van der Waals surface area (Å²) in [6.07, 6.45) is 0. The normalized spacial score (nSPS) is 10.8. The third-order valence-electron chi connectivity index (χ3n) is 1.89. The molecule has 4 N–H and O–H groups in total. The molecule has 0 fully saturated rings. The molecule has 0 bridgehead atoms. The van der Waals surface area contributed by atoms with E-state index in [0.29, 0.717) is 0 Å². The van der Waals surface area contributed by atoms with Gasteiger partial charge in [0.05, 0.1) is 5.69 Å². The first kappa shape index (κ1) is 13.7. The van der Waals surface area contributed by atoms with E-state index in [-0.39, 0.29) is 11.5 Å². The molecular formula is C10H9Br2N5. The number of nitrogens with two attached hydrogens (primary N) is 1. The lowest BCUT2D eigenvalue weighted by atomic mass is 10.2. The first-order chi connectivity index (χ1) is 7.95. The van der Waals surface area contributed by atoms with E-state index in [2.05, 4.69) is 42.4 Å². The minimum atomic E-state index is -0.370. The van der Waals surface area contributed by atoms with Gasteiger partial charge in [-0.1, -0.05) is 15.9 Å². The Morgan fingerprint density at radius 1 is 1.53 bits per heavy atom. The van der Waals surface area contributed by atoms with E-state index >= 15 is 0 Å². The highest BCUT2D eigenvalue weighted by Crippen LogP contribution is 2.30. The molecular weight excluding hydrogens is 350 g/mol. The largest absolute Gasteiger partial charge is 0.382 e. The number of nitriles is 1. The van der Waals surface area contributed by atoms with E-state index in [1.807, 2.05) is 19.1 Å². The summed E-state index contributed by atoms with van der Waals surface area (Å²) in [7, 11) is 0. The number of benzene rings is 1. The molecule has 0 saturated carbocycles. The Bertz CT molecular complexity index is 507. The number of aryl methyl sites for hydroxylation is 1. The number of hydrogen-bond donors (Lipinski definition) is 3. The Kier molecular flexibility index (Phi) is 4.66. The van der Waals surface area contributed by atoms with Crippen LogP contribution in [0.3, 0.4) is 0 Å². The number of nitrogens with zero attached hydrogens (tertiary/aromatic N) is 2. The van der Waals surface area contributed by atoms with Crippen LogP contribution >= 0.6 is 31.9 Å². The highest BCUT2D eigenvalue weighted by molar-refractivity contribution is 9.11. The third-order valence-corrected chi connectivity index (χ3v) is 2.98. The average Bonchev–Trinajstić information content (AvgIpc) is 2.21. The molecule has 0 radical (unpaired) electrons. The second-order valence-electron chi connectivity index (χ2n) is 3.18. The van der Waals surface area contributed by atoms with Gasteiger partial charge in [0.15, 0.2) is 5.84 Å². The lowest BCUT2D eigenvalue weighted by Gasteiger charge is -2.08. The van der Waals surface area contributed by atoms with Crippen molar-refractivity contribution < 1.29 is 0 Å². The molecule has 17 heavy (non-hydrogen) atoms. The number of hydrogen-bond acceptors (Lipinski definition) is 4. The van der Waals surface area contributed by atoms with Crippen LogP contribution in [0.25, 0.3) is 0 Å². The fourth-order valence-corrected chi connectivity index (χ4v) is 2.63. The topological polar surface area (TPSA) is 98.0 Å². The number of hydrazone groups is 1. The second-order valence-corrected chi connectivity index (χ2v) is 4.95. The molecule has 0 atom stereocenters. The predicted octanol–water partition coefficient (Wildman–Crippen LogP) is 2.75. The number of anilines is 1. The zero-order valence-corrected chi connectivity index (χ0v) is 12.1. The summed E-state index contributed by atoms with van der Waals surface area (Å²) in [5, 5.41) is 19.6. The van der Waals surface area contributed by atoms with Gasteiger partial charge in [0.25, 0.3) is 0 Å².